The number of rotatable bonds is 6. The topological polar surface area (TPSA) is 17.0 Å². The van der Waals surface area contributed by atoms with Crippen LogP contribution in [0.1, 0.15) is 18.2 Å². The Morgan fingerprint density at radius 3 is 2.78 bits per heavy atom. The van der Waals surface area contributed by atoms with Crippen LogP contribution in [0.25, 0.3) is 0 Å². The van der Waals surface area contributed by atoms with E-state index in [2.05, 4.69) is 35.1 Å². The Morgan fingerprint density at radius 2 is 2.00 bits per heavy atom. The van der Waals surface area contributed by atoms with Crippen molar-refractivity contribution in [1.82, 2.24) is 9.88 Å². The molecule has 3 heteroatoms. The molecule has 0 spiro atoms. The Bertz CT molecular complexity index is 491. The predicted molar refractivity (Wildman–Crippen MR) is 71.9 cm³/mol. The quantitative estimate of drug-likeness (QED) is 0.775. The van der Waals surface area contributed by atoms with Gasteiger partial charge in [0.15, 0.2) is 0 Å². The summed E-state index contributed by atoms with van der Waals surface area (Å²) in [5.74, 6) is -0.115. The normalized spacial score (nSPS) is 10.8. The molecular formula is C15H19FN2. The summed E-state index contributed by atoms with van der Waals surface area (Å²) in [5.41, 5.74) is 2.04. The molecule has 0 aliphatic heterocycles. The van der Waals surface area contributed by atoms with Gasteiger partial charge in [-0.15, -0.1) is 0 Å². The zero-order valence-corrected chi connectivity index (χ0v) is 10.7. The zero-order valence-electron chi connectivity index (χ0n) is 10.7. The van der Waals surface area contributed by atoms with Crippen LogP contribution >= 0.6 is 0 Å². The number of aryl methyl sites for hydroxylation is 1. The first-order chi connectivity index (χ1) is 8.81. The van der Waals surface area contributed by atoms with Crippen LogP contribution in [0.4, 0.5) is 4.39 Å². The molecule has 0 radical (unpaired) electrons. The number of nitrogens with zero attached hydrogens (tertiary/aromatic N) is 1. The van der Waals surface area contributed by atoms with Crippen molar-refractivity contribution in [3.05, 3.63) is 59.7 Å². The fourth-order valence-corrected chi connectivity index (χ4v) is 2.06. The molecule has 0 saturated heterocycles. The molecule has 96 valence electrons. The molecule has 0 aliphatic carbocycles. The van der Waals surface area contributed by atoms with Gasteiger partial charge in [0.05, 0.1) is 0 Å². The van der Waals surface area contributed by atoms with Crippen LogP contribution in [-0.2, 0) is 19.5 Å². The lowest BCUT2D eigenvalue weighted by atomic mass is 10.1. The van der Waals surface area contributed by atoms with Crippen molar-refractivity contribution >= 4 is 0 Å². The molecule has 2 rings (SSSR count). The van der Waals surface area contributed by atoms with Gasteiger partial charge in [-0.2, -0.15) is 0 Å². The molecule has 18 heavy (non-hydrogen) atoms. The van der Waals surface area contributed by atoms with E-state index >= 15 is 0 Å². The van der Waals surface area contributed by atoms with Crippen molar-refractivity contribution < 1.29 is 4.39 Å². The Hall–Kier alpha value is -1.61. The van der Waals surface area contributed by atoms with Gasteiger partial charge in [0, 0.05) is 25.0 Å². The minimum Gasteiger partial charge on any atom is -0.351 e. The van der Waals surface area contributed by atoms with Crippen LogP contribution in [0.15, 0.2) is 42.6 Å². The second-order valence-corrected chi connectivity index (χ2v) is 4.30. The van der Waals surface area contributed by atoms with E-state index in [9.17, 15) is 4.39 Å². The van der Waals surface area contributed by atoms with Gasteiger partial charge in [-0.1, -0.05) is 18.2 Å². The van der Waals surface area contributed by atoms with Crippen LogP contribution in [0.5, 0.6) is 0 Å². The monoisotopic (exact) mass is 246 g/mol. The number of hydrogen-bond donors (Lipinski definition) is 1. The molecule has 0 bridgehead atoms. The summed E-state index contributed by atoms with van der Waals surface area (Å²) in [6, 6.07) is 11.1. The van der Waals surface area contributed by atoms with Gasteiger partial charge in [-0.05, 0) is 43.7 Å². The van der Waals surface area contributed by atoms with E-state index in [1.807, 2.05) is 12.1 Å². The summed E-state index contributed by atoms with van der Waals surface area (Å²) in [5, 5.41) is 3.35. The summed E-state index contributed by atoms with van der Waals surface area (Å²) in [4.78, 5) is 0. The maximum atomic E-state index is 13.4. The average Bonchev–Trinajstić information content (AvgIpc) is 2.84. The number of halogens is 1. The van der Waals surface area contributed by atoms with Crippen molar-refractivity contribution in [1.29, 1.82) is 0 Å². The van der Waals surface area contributed by atoms with E-state index in [-0.39, 0.29) is 5.82 Å². The van der Waals surface area contributed by atoms with Crippen LogP contribution in [0, 0.1) is 5.82 Å². The highest BCUT2D eigenvalue weighted by atomic mass is 19.1. The van der Waals surface area contributed by atoms with Gasteiger partial charge in [-0.25, -0.2) is 4.39 Å². The molecular weight excluding hydrogens is 227 g/mol. The third-order valence-electron chi connectivity index (χ3n) is 3.10. The molecule has 0 unspecified atom stereocenters. The van der Waals surface area contributed by atoms with Gasteiger partial charge >= 0.3 is 0 Å². The largest absolute Gasteiger partial charge is 0.351 e. The minimum atomic E-state index is -0.115. The van der Waals surface area contributed by atoms with Crippen molar-refractivity contribution in [2.24, 2.45) is 0 Å². The molecule has 1 N–H and O–H groups in total. The zero-order chi connectivity index (χ0) is 12.8. The molecule has 2 nitrogen and oxygen atoms in total. The molecule has 1 aromatic heterocycles. The number of aromatic nitrogens is 1. The van der Waals surface area contributed by atoms with E-state index in [1.165, 1.54) is 11.8 Å². The minimum absolute atomic E-state index is 0.115. The molecule has 1 aromatic carbocycles. The Labute approximate surface area is 107 Å². The van der Waals surface area contributed by atoms with Crippen molar-refractivity contribution in [2.45, 2.75) is 26.4 Å². The molecule has 0 amide bonds. The Kier molecular flexibility index (Phi) is 4.53. The number of benzene rings is 1. The van der Waals surface area contributed by atoms with Crippen LogP contribution in [0.3, 0.4) is 0 Å². The summed E-state index contributed by atoms with van der Waals surface area (Å²) in [6.45, 7) is 4.73. The molecule has 0 fully saturated rings. The van der Waals surface area contributed by atoms with Crippen molar-refractivity contribution in [3.63, 3.8) is 0 Å². The fraction of sp³-hybridized carbons (Fsp3) is 0.333. The van der Waals surface area contributed by atoms with E-state index in [0.29, 0.717) is 0 Å². The van der Waals surface area contributed by atoms with Crippen LogP contribution in [-0.4, -0.2) is 11.1 Å². The van der Waals surface area contributed by atoms with E-state index < -0.39 is 0 Å². The molecule has 0 saturated carbocycles. The third-order valence-corrected chi connectivity index (χ3v) is 3.10. The summed E-state index contributed by atoms with van der Waals surface area (Å²) < 4.78 is 15.6. The number of hydrogen-bond acceptors (Lipinski definition) is 1. The standard InChI is InChI=1S/C15H19FN2/c1-2-18-11-5-7-14(18)12-17-10-9-13-6-3-4-8-15(13)16/h3-8,11,17H,2,9-10,12H2,1H3. The van der Waals surface area contributed by atoms with Crippen LogP contribution in [0.2, 0.25) is 0 Å². The van der Waals surface area contributed by atoms with Crippen molar-refractivity contribution in [2.75, 3.05) is 6.54 Å². The lowest BCUT2D eigenvalue weighted by Gasteiger charge is -2.08. The maximum Gasteiger partial charge on any atom is 0.126 e. The molecule has 0 aliphatic rings. The molecule has 2 aromatic rings. The smallest absolute Gasteiger partial charge is 0.126 e. The first-order valence-corrected chi connectivity index (χ1v) is 6.39. The summed E-state index contributed by atoms with van der Waals surface area (Å²) in [7, 11) is 0. The highest BCUT2D eigenvalue weighted by Crippen LogP contribution is 2.06. The van der Waals surface area contributed by atoms with Gasteiger partial charge in [-0.3, -0.25) is 0 Å². The molecule has 0 atom stereocenters. The first-order valence-electron chi connectivity index (χ1n) is 6.39. The van der Waals surface area contributed by atoms with Crippen molar-refractivity contribution in [3.8, 4) is 0 Å². The number of nitrogens with one attached hydrogen (secondary N) is 1. The maximum absolute atomic E-state index is 13.4. The highest BCUT2D eigenvalue weighted by molar-refractivity contribution is 5.17. The van der Waals surface area contributed by atoms with E-state index in [4.69, 9.17) is 0 Å². The lowest BCUT2D eigenvalue weighted by molar-refractivity contribution is 0.590. The Balaban J connectivity index is 1.78. The van der Waals surface area contributed by atoms with E-state index in [0.717, 1.165) is 31.6 Å². The van der Waals surface area contributed by atoms with Gasteiger partial charge in [0.25, 0.3) is 0 Å². The third kappa shape index (κ3) is 3.20. The fourth-order valence-electron chi connectivity index (χ4n) is 2.06. The first kappa shape index (κ1) is 12.8. The second kappa shape index (κ2) is 6.36. The van der Waals surface area contributed by atoms with E-state index in [1.54, 1.807) is 6.07 Å². The SMILES string of the molecule is CCn1cccc1CNCCc1ccccc1F. The van der Waals surface area contributed by atoms with Gasteiger partial charge < -0.3 is 9.88 Å². The highest BCUT2D eigenvalue weighted by Gasteiger charge is 2.01. The second-order valence-electron chi connectivity index (χ2n) is 4.30. The lowest BCUT2D eigenvalue weighted by Crippen LogP contribution is -2.19. The summed E-state index contributed by atoms with van der Waals surface area (Å²) in [6.07, 6.45) is 2.80. The summed E-state index contributed by atoms with van der Waals surface area (Å²) >= 11 is 0. The van der Waals surface area contributed by atoms with Gasteiger partial charge in [0.2, 0.25) is 0 Å². The van der Waals surface area contributed by atoms with Gasteiger partial charge in [0.1, 0.15) is 5.82 Å². The molecule has 1 heterocycles. The Morgan fingerprint density at radius 1 is 1.17 bits per heavy atom. The average molecular weight is 246 g/mol. The van der Waals surface area contributed by atoms with Crippen LogP contribution < -0.4 is 5.32 Å². The predicted octanol–water partition coefficient (Wildman–Crippen LogP) is 2.98.